The van der Waals surface area contributed by atoms with Crippen LogP contribution in [0.1, 0.15) is 16.2 Å². The zero-order chi connectivity index (χ0) is 9.14. The number of nitrogen functional groups attached to an aromatic ring is 1. The Labute approximate surface area is 82.4 Å². The first-order valence-electron chi connectivity index (χ1n) is 3.09. The Morgan fingerprint density at radius 3 is 2.92 bits per heavy atom. The highest BCUT2D eigenvalue weighted by Gasteiger charge is 2.18. The molecule has 0 saturated carbocycles. The Kier molecular flexibility index (Phi) is 2.90. The smallest absolute Gasteiger partial charge is 0.362 e. The number of alkyl halides is 1. The van der Waals surface area contributed by atoms with Crippen LogP contribution in [0.2, 0.25) is 0 Å². The first-order valence-corrected chi connectivity index (χ1v) is 4.61. The lowest BCUT2D eigenvalue weighted by molar-refractivity contribution is 0.0590. The number of hydrogen-bond acceptors (Lipinski definition) is 5. The van der Waals surface area contributed by atoms with E-state index in [9.17, 15) is 4.79 Å². The lowest BCUT2D eigenvalue weighted by Gasteiger charge is -1.93. The van der Waals surface area contributed by atoms with E-state index in [-0.39, 0.29) is 11.4 Å². The van der Waals surface area contributed by atoms with Gasteiger partial charge in [-0.15, -0.1) is 0 Å². The topological polar surface area (TPSA) is 78.3 Å². The van der Waals surface area contributed by atoms with E-state index in [0.29, 0.717) is 10.2 Å². The van der Waals surface area contributed by atoms with Crippen LogP contribution < -0.4 is 5.73 Å². The van der Waals surface area contributed by atoms with Crippen molar-refractivity contribution in [1.82, 2.24) is 5.16 Å². The molecule has 6 heteroatoms. The average Bonchev–Trinajstić information content (AvgIpc) is 2.45. The van der Waals surface area contributed by atoms with E-state index in [1.807, 2.05) is 0 Å². The maximum atomic E-state index is 10.9. The number of nitrogens with two attached hydrogens (primary N) is 1. The summed E-state index contributed by atoms with van der Waals surface area (Å²) in [6, 6.07) is 0. The minimum Gasteiger partial charge on any atom is -0.464 e. The van der Waals surface area contributed by atoms with E-state index < -0.39 is 5.97 Å². The van der Waals surface area contributed by atoms with Gasteiger partial charge >= 0.3 is 5.97 Å². The van der Waals surface area contributed by atoms with Crippen LogP contribution in [0.5, 0.6) is 0 Å². The molecule has 0 aliphatic heterocycles. The molecule has 0 bridgehead atoms. The molecule has 12 heavy (non-hydrogen) atoms. The van der Waals surface area contributed by atoms with Gasteiger partial charge in [0.1, 0.15) is 5.69 Å². The molecule has 66 valence electrons. The number of carbonyl (C=O) groups is 1. The molecular formula is C6H7IN2O3. The van der Waals surface area contributed by atoms with Gasteiger partial charge in [0, 0.05) is 0 Å². The van der Waals surface area contributed by atoms with Crippen LogP contribution in [0.15, 0.2) is 4.52 Å². The first-order chi connectivity index (χ1) is 5.70. The first kappa shape index (κ1) is 9.30. The number of esters is 1. The number of halogens is 1. The number of rotatable bonds is 2. The van der Waals surface area contributed by atoms with Crippen molar-refractivity contribution in [3.63, 3.8) is 0 Å². The number of methoxy groups -OCH3 is 1. The summed E-state index contributed by atoms with van der Waals surface area (Å²) in [7, 11) is 1.26. The number of ether oxygens (including phenoxy) is 1. The van der Waals surface area contributed by atoms with E-state index in [0.717, 1.165) is 0 Å². The fourth-order valence-corrected chi connectivity index (χ4v) is 1.22. The molecule has 0 atom stereocenters. The fraction of sp³-hybridized carbons (Fsp3) is 0.333. The lowest BCUT2D eigenvalue weighted by atomic mass is 10.3. The summed E-state index contributed by atoms with van der Waals surface area (Å²) in [4.78, 5) is 10.9. The monoisotopic (exact) mass is 282 g/mol. The Morgan fingerprint density at radius 1 is 1.83 bits per heavy atom. The standard InChI is InChI=1S/C6H7IN2O3/c1-11-6(10)5-4(8)3(2-7)12-9-5/h2,8H2,1H3. The summed E-state index contributed by atoms with van der Waals surface area (Å²) in [6.07, 6.45) is 0. The predicted molar refractivity (Wildman–Crippen MR) is 50.0 cm³/mol. The average molecular weight is 282 g/mol. The van der Waals surface area contributed by atoms with Gasteiger partial charge in [0.2, 0.25) is 5.69 Å². The van der Waals surface area contributed by atoms with E-state index in [1.165, 1.54) is 7.11 Å². The van der Waals surface area contributed by atoms with Crippen molar-refractivity contribution in [2.75, 3.05) is 12.8 Å². The molecule has 1 aromatic heterocycles. The van der Waals surface area contributed by atoms with Crippen molar-refractivity contribution in [2.45, 2.75) is 4.43 Å². The van der Waals surface area contributed by atoms with Gasteiger partial charge in [0.05, 0.1) is 11.5 Å². The Bertz CT molecular complexity index is 297. The quantitative estimate of drug-likeness (QED) is 0.497. The lowest BCUT2D eigenvalue weighted by Crippen LogP contribution is -2.05. The molecule has 0 amide bonds. The molecule has 0 fully saturated rings. The van der Waals surface area contributed by atoms with Gasteiger partial charge in [0.25, 0.3) is 0 Å². The maximum Gasteiger partial charge on any atom is 0.362 e. The van der Waals surface area contributed by atoms with Crippen LogP contribution >= 0.6 is 22.6 Å². The molecule has 0 aliphatic carbocycles. The second-order valence-corrected chi connectivity index (χ2v) is 2.76. The van der Waals surface area contributed by atoms with Gasteiger partial charge in [-0.1, -0.05) is 27.7 Å². The third-order valence-electron chi connectivity index (χ3n) is 1.30. The third-order valence-corrected chi connectivity index (χ3v) is 2.00. The van der Waals surface area contributed by atoms with E-state index >= 15 is 0 Å². The number of nitrogens with zero attached hydrogens (tertiary/aromatic N) is 1. The molecule has 0 unspecified atom stereocenters. The normalized spacial score (nSPS) is 9.83. The Hall–Kier alpha value is -0.790. The summed E-state index contributed by atoms with van der Waals surface area (Å²) in [5.41, 5.74) is 5.83. The number of hydrogen-bond donors (Lipinski definition) is 1. The van der Waals surface area contributed by atoms with Gasteiger partial charge in [-0.2, -0.15) is 0 Å². The zero-order valence-electron chi connectivity index (χ0n) is 6.33. The van der Waals surface area contributed by atoms with Gasteiger partial charge in [0.15, 0.2) is 5.76 Å². The van der Waals surface area contributed by atoms with Crippen LogP contribution in [0.4, 0.5) is 5.69 Å². The van der Waals surface area contributed by atoms with Gasteiger partial charge in [-0.05, 0) is 0 Å². The minimum absolute atomic E-state index is 0.0455. The molecule has 1 rings (SSSR count). The Morgan fingerprint density at radius 2 is 2.50 bits per heavy atom. The third kappa shape index (κ3) is 1.52. The zero-order valence-corrected chi connectivity index (χ0v) is 8.49. The van der Waals surface area contributed by atoms with Crippen molar-refractivity contribution in [3.8, 4) is 0 Å². The van der Waals surface area contributed by atoms with Crippen LogP contribution in [0, 0.1) is 0 Å². The molecule has 1 aromatic rings. The minimum atomic E-state index is -0.577. The highest BCUT2D eigenvalue weighted by atomic mass is 127. The molecule has 0 saturated heterocycles. The van der Waals surface area contributed by atoms with Gasteiger partial charge in [-0.3, -0.25) is 0 Å². The van der Waals surface area contributed by atoms with E-state index in [1.54, 1.807) is 0 Å². The van der Waals surface area contributed by atoms with E-state index in [2.05, 4.69) is 32.5 Å². The van der Waals surface area contributed by atoms with Gasteiger partial charge < -0.3 is 15.0 Å². The second-order valence-electron chi connectivity index (χ2n) is 1.99. The second kappa shape index (κ2) is 3.74. The van der Waals surface area contributed by atoms with Crippen molar-refractivity contribution in [1.29, 1.82) is 0 Å². The van der Waals surface area contributed by atoms with Crippen LogP contribution in [-0.4, -0.2) is 18.2 Å². The van der Waals surface area contributed by atoms with Crippen LogP contribution in [0.3, 0.4) is 0 Å². The molecule has 0 spiro atoms. The Balaban J connectivity index is 3.02. The maximum absolute atomic E-state index is 10.9. The molecule has 5 nitrogen and oxygen atoms in total. The largest absolute Gasteiger partial charge is 0.464 e. The van der Waals surface area contributed by atoms with Crippen molar-refractivity contribution in [3.05, 3.63) is 11.5 Å². The SMILES string of the molecule is COC(=O)c1noc(CI)c1N. The summed E-state index contributed by atoms with van der Waals surface area (Å²) in [5, 5.41) is 3.48. The summed E-state index contributed by atoms with van der Waals surface area (Å²) >= 11 is 2.06. The van der Waals surface area contributed by atoms with Crippen molar-refractivity contribution < 1.29 is 14.1 Å². The molecular weight excluding hydrogens is 275 g/mol. The molecule has 0 aromatic carbocycles. The number of carbonyl (C=O) groups excluding carboxylic acids is 1. The number of anilines is 1. The van der Waals surface area contributed by atoms with Crippen LogP contribution in [-0.2, 0) is 9.16 Å². The molecule has 0 aliphatic rings. The highest BCUT2D eigenvalue weighted by Crippen LogP contribution is 2.19. The molecule has 2 N–H and O–H groups in total. The van der Waals surface area contributed by atoms with Crippen molar-refractivity contribution in [2.24, 2.45) is 0 Å². The number of aromatic nitrogens is 1. The highest BCUT2D eigenvalue weighted by molar-refractivity contribution is 14.1. The van der Waals surface area contributed by atoms with Crippen molar-refractivity contribution >= 4 is 34.2 Å². The van der Waals surface area contributed by atoms with Gasteiger partial charge in [-0.25, -0.2) is 4.79 Å². The predicted octanol–water partition coefficient (Wildman–Crippen LogP) is 0.978. The van der Waals surface area contributed by atoms with Crippen LogP contribution in [0.25, 0.3) is 0 Å². The molecule has 1 heterocycles. The summed E-state index contributed by atoms with van der Waals surface area (Å²) < 4.78 is 9.79. The fourth-order valence-electron chi connectivity index (χ4n) is 0.671. The summed E-state index contributed by atoms with van der Waals surface area (Å²) in [6.45, 7) is 0. The van der Waals surface area contributed by atoms with E-state index in [4.69, 9.17) is 10.3 Å². The summed E-state index contributed by atoms with van der Waals surface area (Å²) in [5.74, 6) is -0.0802. The molecule has 0 radical (unpaired) electrons.